The number of carboxylic acids is 1. The number of likely N-dealkylation sites (N-methyl/N-ethyl adjacent to an activating group) is 1. The zero-order valence-electron chi connectivity index (χ0n) is 11.3. The summed E-state index contributed by atoms with van der Waals surface area (Å²) < 4.78 is 0. The lowest BCUT2D eigenvalue weighted by atomic mass is 10.1. The predicted molar refractivity (Wildman–Crippen MR) is 72.9 cm³/mol. The number of carbonyl (C=O) groups excluding carboxylic acids is 1. The van der Waals surface area contributed by atoms with Crippen molar-refractivity contribution >= 4 is 12.0 Å². The number of carboxylic acid groups (broad SMARTS) is 1. The Morgan fingerprint density at radius 1 is 1.16 bits per heavy atom. The first kappa shape index (κ1) is 15.0. The minimum absolute atomic E-state index is 0.281. The summed E-state index contributed by atoms with van der Waals surface area (Å²) in [5.41, 5.74) is 2.24. The molecule has 2 amide bonds. The number of nitrogens with one attached hydrogen (secondary N) is 1. The molecule has 1 aromatic rings. The lowest BCUT2D eigenvalue weighted by molar-refractivity contribution is -0.137. The van der Waals surface area contributed by atoms with E-state index in [1.165, 1.54) is 10.5 Å². The smallest absolute Gasteiger partial charge is 0.323 e. The number of benzene rings is 1. The van der Waals surface area contributed by atoms with E-state index < -0.39 is 5.97 Å². The van der Waals surface area contributed by atoms with E-state index in [-0.39, 0.29) is 12.6 Å². The van der Waals surface area contributed by atoms with Crippen molar-refractivity contribution in [3.63, 3.8) is 0 Å². The molecule has 19 heavy (non-hydrogen) atoms. The van der Waals surface area contributed by atoms with Crippen molar-refractivity contribution < 1.29 is 14.7 Å². The summed E-state index contributed by atoms with van der Waals surface area (Å²) >= 11 is 0. The van der Waals surface area contributed by atoms with Gasteiger partial charge < -0.3 is 15.3 Å². The second-order valence-electron chi connectivity index (χ2n) is 4.24. The molecule has 0 unspecified atom stereocenters. The van der Waals surface area contributed by atoms with Gasteiger partial charge in [-0.1, -0.05) is 31.2 Å². The van der Waals surface area contributed by atoms with Crippen LogP contribution in [0.25, 0.3) is 0 Å². The molecule has 0 aliphatic heterocycles. The second-order valence-corrected chi connectivity index (χ2v) is 4.24. The van der Waals surface area contributed by atoms with Gasteiger partial charge in [0.1, 0.15) is 6.54 Å². The van der Waals surface area contributed by atoms with Gasteiger partial charge in [-0.25, -0.2) is 4.79 Å². The average molecular weight is 264 g/mol. The van der Waals surface area contributed by atoms with E-state index in [2.05, 4.69) is 12.2 Å². The third kappa shape index (κ3) is 4.99. The highest BCUT2D eigenvalue weighted by molar-refractivity contribution is 5.80. The van der Waals surface area contributed by atoms with Crippen LogP contribution in [0.5, 0.6) is 0 Å². The van der Waals surface area contributed by atoms with E-state index in [9.17, 15) is 9.59 Å². The van der Waals surface area contributed by atoms with E-state index in [0.29, 0.717) is 13.1 Å². The van der Waals surface area contributed by atoms with Crippen LogP contribution in [0.4, 0.5) is 4.79 Å². The van der Waals surface area contributed by atoms with Crippen LogP contribution in [0.2, 0.25) is 0 Å². The molecular formula is C14H20N2O3. The Morgan fingerprint density at radius 2 is 1.74 bits per heavy atom. The Kier molecular flexibility index (Phi) is 5.85. The first-order chi connectivity index (χ1) is 9.06. The number of urea groups is 1. The van der Waals surface area contributed by atoms with Gasteiger partial charge in [0, 0.05) is 13.1 Å². The lowest BCUT2D eigenvalue weighted by Gasteiger charge is -2.19. The molecule has 0 fully saturated rings. The third-order valence-electron chi connectivity index (χ3n) is 2.87. The van der Waals surface area contributed by atoms with Crippen LogP contribution in [0.15, 0.2) is 24.3 Å². The molecular weight excluding hydrogens is 244 g/mol. The normalized spacial score (nSPS) is 10.0. The molecule has 0 aliphatic rings. The van der Waals surface area contributed by atoms with Gasteiger partial charge in [-0.05, 0) is 24.5 Å². The molecule has 104 valence electrons. The summed E-state index contributed by atoms with van der Waals surface area (Å²) in [4.78, 5) is 23.6. The molecule has 0 radical (unpaired) electrons. The summed E-state index contributed by atoms with van der Waals surface area (Å²) in [5.74, 6) is -1.01. The predicted octanol–water partition coefficient (Wildman–Crippen LogP) is 1.87. The molecule has 0 saturated heterocycles. The van der Waals surface area contributed by atoms with Crippen LogP contribution in [0.1, 0.15) is 25.0 Å². The second kappa shape index (κ2) is 7.41. The monoisotopic (exact) mass is 264 g/mol. The summed E-state index contributed by atoms with van der Waals surface area (Å²) in [5, 5.41) is 11.4. The molecule has 2 N–H and O–H groups in total. The van der Waals surface area contributed by atoms with Crippen molar-refractivity contribution in [3.05, 3.63) is 35.4 Å². The molecule has 5 nitrogen and oxygen atoms in total. The van der Waals surface area contributed by atoms with E-state index in [1.54, 1.807) is 6.92 Å². The Hall–Kier alpha value is -2.04. The Morgan fingerprint density at radius 3 is 2.21 bits per heavy atom. The Balaban J connectivity index is 2.49. The molecule has 0 aromatic heterocycles. The summed E-state index contributed by atoms with van der Waals surface area (Å²) in [6.07, 6.45) is 0.981. The Bertz CT molecular complexity index is 429. The fourth-order valence-corrected chi connectivity index (χ4v) is 1.67. The van der Waals surface area contributed by atoms with Gasteiger partial charge in [-0.2, -0.15) is 0 Å². The van der Waals surface area contributed by atoms with Crippen LogP contribution in [-0.2, 0) is 17.8 Å². The minimum atomic E-state index is -1.01. The summed E-state index contributed by atoms with van der Waals surface area (Å²) in [6, 6.07) is 7.62. The van der Waals surface area contributed by atoms with E-state index >= 15 is 0 Å². The maximum absolute atomic E-state index is 11.8. The Labute approximate surface area is 113 Å². The quantitative estimate of drug-likeness (QED) is 0.824. The highest BCUT2D eigenvalue weighted by Crippen LogP contribution is 2.05. The fraction of sp³-hybridized carbons (Fsp3) is 0.429. The summed E-state index contributed by atoms with van der Waals surface area (Å²) in [7, 11) is 0. The van der Waals surface area contributed by atoms with Crippen LogP contribution in [-0.4, -0.2) is 35.1 Å². The van der Waals surface area contributed by atoms with E-state index in [4.69, 9.17) is 5.11 Å². The molecule has 1 rings (SSSR count). The molecule has 0 spiro atoms. The number of nitrogens with zero attached hydrogens (tertiary/aromatic N) is 1. The first-order valence-electron chi connectivity index (χ1n) is 6.39. The van der Waals surface area contributed by atoms with E-state index in [0.717, 1.165) is 12.0 Å². The van der Waals surface area contributed by atoms with Gasteiger partial charge in [0.05, 0.1) is 0 Å². The SMILES string of the molecule is CCc1ccc(CNC(=O)N(CC)CC(=O)O)cc1. The van der Waals surface area contributed by atoms with Crippen molar-refractivity contribution in [3.8, 4) is 0 Å². The van der Waals surface area contributed by atoms with Crippen LogP contribution < -0.4 is 5.32 Å². The van der Waals surface area contributed by atoms with Gasteiger partial charge in [-0.3, -0.25) is 4.79 Å². The zero-order valence-corrected chi connectivity index (χ0v) is 11.3. The van der Waals surface area contributed by atoms with Crippen molar-refractivity contribution in [1.29, 1.82) is 0 Å². The number of rotatable bonds is 6. The molecule has 0 saturated carbocycles. The topological polar surface area (TPSA) is 69.6 Å². The van der Waals surface area contributed by atoms with Gasteiger partial charge in [0.15, 0.2) is 0 Å². The number of aryl methyl sites for hydroxylation is 1. The highest BCUT2D eigenvalue weighted by atomic mass is 16.4. The molecule has 0 heterocycles. The van der Waals surface area contributed by atoms with Crippen molar-refractivity contribution in [2.45, 2.75) is 26.8 Å². The number of aliphatic carboxylic acids is 1. The van der Waals surface area contributed by atoms with E-state index in [1.807, 2.05) is 24.3 Å². The van der Waals surface area contributed by atoms with Crippen molar-refractivity contribution in [2.24, 2.45) is 0 Å². The van der Waals surface area contributed by atoms with Gasteiger partial charge in [0.2, 0.25) is 0 Å². The zero-order chi connectivity index (χ0) is 14.3. The minimum Gasteiger partial charge on any atom is -0.480 e. The molecule has 0 atom stereocenters. The van der Waals surface area contributed by atoms with Gasteiger partial charge >= 0.3 is 12.0 Å². The van der Waals surface area contributed by atoms with Gasteiger partial charge in [0.25, 0.3) is 0 Å². The van der Waals surface area contributed by atoms with Crippen molar-refractivity contribution in [2.75, 3.05) is 13.1 Å². The average Bonchev–Trinajstić information content (AvgIpc) is 2.42. The standard InChI is InChI=1S/C14H20N2O3/c1-3-11-5-7-12(8-6-11)9-15-14(19)16(4-2)10-13(17)18/h5-8H,3-4,9-10H2,1-2H3,(H,15,19)(H,17,18). The van der Waals surface area contributed by atoms with Crippen LogP contribution in [0.3, 0.4) is 0 Å². The highest BCUT2D eigenvalue weighted by Gasteiger charge is 2.13. The maximum atomic E-state index is 11.8. The number of hydrogen-bond acceptors (Lipinski definition) is 2. The molecule has 1 aromatic carbocycles. The van der Waals surface area contributed by atoms with Crippen LogP contribution >= 0.6 is 0 Å². The number of amides is 2. The van der Waals surface area contributed by atoms with Crippen LogP contribution in [0, 0.1) is 0 Å². The number of hydrogen-bond donors (Lipinski definition) is 2. The molecule has 0 aliphatic carbocycles. The van der Waals surface area contributed by atoms with Crippen molar-refractivity contribution in [1.82, 2.24) is 10.2 Å². The van der Waals surface area contributed by atoms with Gasteiger partial charge in [-0.15, -0.1) is 0 Å². The maximum Gasteiger partial charge on any atom is 0.323 e. The molecule has 0 bridgehead atoms. The first-order valence-corrected chi connectivity index (χ1v) is 6.39. The number of carbonyl (C=O) groups is 2. The summed E-state index contributed by atoms with van der Waals surface area (Å²) in [6.45, 7) is 4.32. The largest absolute Gasteiger partial charge is 0.480 e. The molecule has 5 heteroatoms. The lowest BCUT2D eigenvalue weighted by Crippen LogP contribution is -2.42. The fourth-order valence-electron chi connectivity index (χ4n) is 1.67. The third-order valence-corrected chi connectivity index (χ3v) is 2.87.